The number of aryl methyl sites for hydroxylation is 2. The average molecular weight is 486 g/mol. The number of hydrogen-bond acceptors (Lipinski definition) is 1. The lowest BCUT2D eigenvalue weighted by Crippen LogP contribution is -2.16. The van der Waals surface area contributed by atoms with E-state index < -0.39 is 0 Å². The molecular weight excluding hydrogens is 446 g/mol. The summed E-state index contributed by atoms with van der Waals surface area (Å²) in [5.74, 6) is 0. The van der Waals surface area contributed by atoms with Crippen molar-refractivity contribution in [2.24, 2.45) is 0 Å². The zero-order chi connectivity index (χ0) is 26.0. The molecule has 0 amide bonds. The Balaban J connectivity index is 1.64. The highest BCUT2D eigenvalue weighted by Gasteiger charge is 2.14. The van der Waals surface area contributed by atoms with Crippen molar-refractivity contribution in [2.75, 3.05) is 4.90 Å². The number of nitrogens with zero attached hydrogens (tertiary/aromatic N) is 1. The van der Waals surface area contributed by atoms with Crippen LogP contribution in [0.5, 0.6) is 0 Å². The van der Waals surface area contributed by atoms with Crippen molar-refractivity contribution in [3.8, 4) is 0 Å². The molecule has 2 aliphatic rings. The van der Waals surface area contributed by atoms with Crippen LogP contribution in [0.15, 0.2) is 127 Å². The van der Waals surface area contributed by atoms with Crippen molar-refractivity contribution in [1.29, 1.82) is 0 Å². The molecular formula is C36H39N. The summed E-state index contributed by atoms with van der Waals surface area (Å²) >= 11 is 0. The fraction of sp³-hybridized carbons (Fsp3) is 0.222. The molecule has 0 aliphatic heterocycles. The molecule has 0 spiro atoms. The Kier molecular flexibility index (Phi) is 9.16. The number of benzene rings is 2. The molecule has 0 unspecified atom stereocenters. The van der Waals surface area contributed by atoms with Gasteiger partial charge in [0.25, 0.3) is 0 Å². The number of allylic oxidation sites excluding steroid dienone is 13. The SMILES string of the molecule is C=C(CC/C(=C\C)N(/C=C/C1=CC=CCC=C1/C=C\C)c1ccc2c(c1)C=CCC2)c1ccc(C)cc1. The zero-order valence-corrected chi connectivity index (χ0v) is 22.6. The van der Waals surface area contributed by atoms with Gasteiger partial charge in [0.1, 0.15) is 0 Å². The summed E-state index contributed by atoms with van der Waals surface area (Å²) in [4.78, 5) is 2.36. The van der Waals surface area contributed by atoms with E-state index in [2.05, 4.69) is 142 Å². The molecule has 0 N–H and O–H groups in total. The van der Waals surface area contributed by atoms with E-state index in [1.165, 1.54) is 50.4 Å². The largest absolute Gasteiger partial charge is 0.321 e. The monoisotopic (exact) mass is 485 g/mol. The van der Waals surface area contributed by atoms with Gasteiger partial charge in [-0.1, -0.05) is 97.2 Å². The standard InChI is InChI=1S/C36H39N/c1-5-12-31-13-8-7-9-14-33(31)25-26-37(36-24-22-32-15-10-11-16-34(32)27-36)35(6-2)23-19-29(4)30-20-17-28(3)18-21-30/h5-7,9,11-14,16-18,20-22,24-27H,4,8,10,15,19,23H2,1-3H3/b12-5-,26-25+,35-6+. The summed E-state index contributed by atoms with van der Waals surface area (Å²) in [7, 11) is 0. The van der Waals surface area contributed by atoms with Gasteiger partial charge in [-0.05, 0) is 104 Å². The second-order valence-corrected chi connectivity index (χ2v) is 9.70. The molecule has 4 rings (SSSR count). The Morgan fingerprint density at radius 3 is 2.59 bits per heavy atom. The third kappa shape index (κ3) is 6.89. The van der Waals surface area contributed by atoms with Gasteiger partial charge < -0.3 is 4.90 Å². The predicted molar refractivity (Wildman–Crippen MR) is 163 cm³/mol. The van der Waals surface area contributed by atoms with Crippen LogP contribution in [0.1, 0.15) is 61.8 Å². The van der Waals surface area contributed by atoms with Gasteiger partial charge in [0, 0.05) is 17.6 Å². The quantitative estimate of drug-likeness (QED) is 0.341. The molecule has 37 heavy (non-hydrogen) atoms. The number of anilines is 1. The van der Waals surface area contributed by atoms with E-state index in [1.54, 1.807) is 0 Å². The zero-order valence-electron chi connectivity index (χ0n) is 22.6. The van der Waals surface area contributed by atoms with Gasteiger partial charge >= 0.3 is 0 Å². The highest BCUT2D eigenvalue weighted by Crippen LogP contribution is 2.31. The molecule has 0 atom stereocenters. The molecule has 0 radical (unpaired) electrons. The molecule has 0 bridgehead atoms. The average Bonchev–Trinajstić information content (AvgIpc) is 3.15. The van der Waals surface area contributed by atoms with Crippen molar-refractivity contribution in [3.05, 3.63) is 149 Å². The smallest absolute Gasteiger partial charge is 0.0458 e. The molecule has 0 saturated heterocycles. The third-order valence-electron chi connectivity index (χ3n) is 7.04. The second-order valence-electron chi connectivity index (χ2n) is 9.70. The normalized spacial score (nSPS) is 15.5. The van der Waals surface area contributed by atoms with Gasteiger partial charge in [0.15, 0.2) is 0 Å². The highest BCUT2D eigenvalue weighted by molar-refractivity contribution is 5.68. The maximum atomic E-state index is 4.41. The van der Waals surface area contributed by atoms with E-state index in [4.69, 9.17) is 0 Å². The fourth-order valence-corrected chi connectivity index (χ4v) is 4.84. The maximum Gasteiger partial charge on any atom is 0.0458 e. The van der Waals surface area contributed by atoms with Gasteiger partial charge in [0.2, 0.25) is 0 Å². The first-order valence-corrected chi connectivity index (χ1v) is 13.5. The van der Waals surface area contributed by atoms with Crippen molar-refractivity contribution < 1.29 is 0 Å². The van der Waals surface area contributed by atoms with Crippen LogP contribution in [0.4, 0.5) is 5.69 Å². The third-order valence-corrected chi connectivity index (χ3v) is 7.04. The number of hydrogen-bond donors (Lipinski definition) is 0. The lowest BCUT2D eigenvalue weighted by molar-refractivity contribution is 0.933. The molecule has 188 valence electrons. The first-order chi connectivity index (χ1) is 18.1. The van der Waals surface area contributed by atoms with Gasteiger partial charge in [-0.2, -0.15) is 0 Å². The van der Waals surface area contributed by atoms with E-state index in [0.29, 0.717) is 0 Å². The Hall–Kier alpha value is -3.84. The molecule has 2 aliphatic carbocycles. The van der Waals surface area contributed by atoms with Crippen LogP contribution in [-0.2, 0) is 6.42 Å². The molecule has 0 aromatic heterocycles. The predicted octanol–water partition coefficient (Wildman–Crippen LogP) is 10.1. The topological polar surface area (TPSA) is 3.24 Å². The van der Waals surface area contributed by atoms with Crippen LogP contribution < -0.4 is 4.90 Å². The van der Waals surface area contributed by atoms with E-state index in [1.807, 2.05) is 0 Å². The van der Waals surface area contributed by atoms with Crippen LogP contribution in [0.3, 0.4) is 0 Å². The summed E-state index contributed by atoms with van der Waals surface area (Å²) in [6.45, 7) is 10.7. The Bertz CT molecular complexity index is 1320. The molecule has 1 nitrogen and oxygen atoms in total. The highest BCUT2D eigenvalue weighted by atomic mass is 15.1. The van der Waals surface area contributed by atoms with E-state index in [0.717, 1.165) is 32.1 Å². The van der Waals surface area contributed by atoms with E-state index in [-0.39, 0.29) is 0 Å². The lowest BCUT2D eigenvalue weighted by atomic mass is 9.96. The number of fused-ring (bicyclic) bond motifs is 1. The maximum absolute atomic E-state index is 4.41. The first kappa shape index (κ1) is 26.2. The molecule has 2 aromatic carbocycles. The van der Waals surface area contributed by atoms with Crippen molar-refractivity contribution in [3.63, 3.8) is 0 Å². The minimum absolute atomic E-state index is 0.910. The molecule has 0 saturated carbocycles. The van der Waals surface area contributed by atoms with Crippen molar-refractivity contribution >= 4 is 17.3 Å². The molecule has 0 fully saturated rings. The minimum atomic E-state index is 0.910. The van der Waals surface area contributed by atoms with Gasteiger partial charge in [-0.15, -0.1) is 0 Å². The summed E-state index contributed by atoms with van der Waals surface area (Å²) in [5.41, 5.74) is 11.4. The summed E-state index contributed by atoms with van der Waals surface area (Å²) in [6.07, 6.45) is 29.4. The molecule has 1 heteroatoms. The lowest BCUT2D eigenvalue weighted by Gasteiger charge is -2.26. The van der Waals surface area contributed by atoms with Gasteiger partial charge in [-0.3, -0.25) is 0 Å². The minimum Gasteiger partial charge on any atom is -0.321 e. The molecule has 0 heterocycles. The van der Waals surface area contributed by atoms with Crippen LogP contribution in [0.25, 0.3) is 11.6 Å². The summed E-state index contributed by atoms with van der Waals surface area (Å²) in [6, 6.07) is 15.6. The second kappa shape index (κ2) is 12.9. The van der Waals surface area contributed by atoms with E-state index in [9.17, 15) is 0 Å². The number of rotatable bonds is 9. The van der Waals surface area contributed by atoms with Crippen LogP contribution >= 0.6 is 0 Å². The summed E-state index contributed by atoms with van der Waals surface area (Å²) in [5, 5.41) is 0. The van der Waals surface area contributed by atoms with E-state index >= 15 is 0 Å². The van der Waals surface area contributed by atoms with Gasteiger partial charge in [0.05, 0.1) is 0 Å². The Labute approximate surface area is 223 Å². The van der Waals surface area contributed by atoms with Crippen LogP contribution in [0, 0.1) is 6.92 Å². The Morgan fingerprint density at radius 2 is 1.81 bits per heavy atom. The Morgan fingerprint density at radius 1 is 0.973 bits per heavy atom. The van der Waals surface area contributed by atoms with Crippen LogP contribution in [-0.4, -0.2) is 0 Å². The van der Waals surface area contributed by atoms with Gasteiger partial charge in [-0.25, -0.2) is 0 Å². The molecule has 2 aromatic rings. The van der Waals surface area contributed by atoms with Crippen molar-refractivity contribution in [1.82, 2.24) is 0 Å². The fourth-order valence-electron chi connectivity index (χ4n) is 4.84. The summed E-state index contributed by atoms with van der Waals surface area (Å²) < 4.78 is 0. The van der Waals surface area contributed by atoms with Crippen molar-refractivity contribution in [2.45, 2.75) is 52.9 Å². The van der Waals surface area contributed by atoms with Crippen LogP contribution in [0.2, 0.25) is 0 Å². The first-order valence-electron chi connectivity index (χ1n) is 13.5.